The lowest BCUT2D eigenvalue weighted by Gasteiger charge is -2.12. The highest BCUT2D eigenvalue weighted by Gasteiger charge is 2.16. The molecule has 0 aliphatic rings. The Hall–Kier alpha value is -2.89. The van der Waals surface area contributed by atoms with E-state index in [9.17, 15) is 20.0 Å². The number of non-ortho nitro benzene ring substituents is 1. The van der Waals surface area contributed by atoms with Crippen molar-refractivity contribution in [2.24, 2.45) is 0 Å². The second-order valence-electron chi connectivity index (χ2n) is 4.43. The van der Waals surface area contributed by atoms with E-state index in [2.05, 4.69) is 5.32 Å². The van der Waals surface area contributed by atoms with Gasteiger partial charge in [-0.3, -0.25) is 10.1 Å². The molecular formula is C15H14N2O4. The number of anilines is 2. The third-order valence-electron chi connectivity index (χ3n) is 3.11. The van der Waals surface area contributed by atoms with Gasteiger partial charge in [-0.25, -0.2) is 4.79 Å². The smallest absolute Gasteiger partial charge is 0.337 e. The minimum atomic E-state index is -1.14. The Balaban J connectivity index is 2.48. The first-order chi connectivity index (χ1) is 10.0. The molecule has 0 spiro atoms. The molecule has 0 saturated heterocycles. The van der Waals surface area contributed by atoms with Crippen molar-refractivity contribution in [1.29, 1.82) is 0 Å². The van der Waals surface area contributed by atoms with Crippen LogP contribution in [-0.4, -0.2) is 16.0 Å². The number of nitrogens with one attached hydrogen (secondary N) is 1. The summed E-state index contributed by atoms with van der Waals surface area (Å²) in [5, 5.41) is 23.0. The molecule has 0 heterocycles. The molecule has 2 N–H and O–H groups in total. The predicted molar refractivity (Wildman–Crippen MR) is 79.2 cm³/mol. The van der Waals surface area contributed by atoms with Gasteiger partial charge in [0, 0.05) is 17.8 Å². The van der Waals surface area contributed by atoms with Crippen LogP contribution in [0.2, 0.25) is 0 Å². The molecule has 0 fully saturated rings. The fourth-order valence-electron chi connectivity index (χ4n) is 2.03. The Bertz CT molecular complexity index is 698. The monoisotopic (exact) mass is 286 g/mol. The van der Waals surface area contributed by atoms with Crippen molar-refractivity contribution in [3.63, 3.8) is 0 Å². The quantitative estimate of drug-likeness (QED) is 0.647. The van der Waals surface area contributed by atoms with Crippen molar-refractivity contribution in [2.75, 3.05) is 5.32 Å². The number of carbonyl (C=O) groups is 1. The topological polar surface area (TPSA) is 92.5 Å². The fourth-order valence-corrected chi connectivity index (χ4v) is 2.03. The van der Waals surface area contributed by atoms with Gasteiger partial charge >= 0.3 is 5.97 Å². The minimum Gasteiger partial charge on any atom is -0.478 e. The molecular weight excluding hydrogens is 272 g/mol. The van der Waals surface area contributed by atoms with Crippen LogP contribution in [-0.2, 0) is 6.42 Å². The summed E-state index contributed by atoms with van der Waals surface area (Å²) in [6, 6.07) is 11.1. The highest BCUT2D eigenvalue weighted by molar-refractivity contribution is 5.96. The van der Waals surface area contributed by atoms with E-state index in [1.807, 2.05) is 31.2 Å². The predicted octanol–water partition coefficient (Wildman–Crippen LogP) is 3.60. The summed E-state index contributed by atoms with van der Waals surface area (Å²) in [6.07, 6.45) is 0.764. The number of nitro benzene ring substituents is 1. The lowest BCUT2D eigenvalue weighted by Crippen LogP contribution is -2.04. The molecule has 0 bridgehead atoms. The minimum absolute atomic E-state index is 0.00786. The number of carboxylic acid groups (broad SMARTS) is 1. The molecule has 0 unspecified atom stereocenters. The van der Waals surface area contributed by atoms with Gasteiger partial charge < -0.3 is 10.4 Å². The van der Waals surface area contributed by atoms with Gasteiger partial charge in [-0.05, 0) is 24.1 Å². The molecule has 0 amide bonds. The number of carboxylic acids is 1. The SMILES string of the molecule is CCc1ccccc1Nc1cc([N+](=O)[O-])ccc1C(=O)O. The van der Waals surface area contributed by atoms with E-state index in [1.165, 1.54) is 18.2 Å². The van der Waals surface area contributed by atoms with E-state index < -0.39 is 10.9 Å². The Morgan fingerprint density at radius 3 is 2.57 bits per heavy atom. The molecule has 0 atom stereocenters. The molecule has 0 aliphatic heterocycles. The number of hydrogen-bond donors (Lipinski definition) is 2. The average Bonchev–Trinajstić information content (AvgIpc) is 2.47. The Kier molecular flexibility index (Phi) is 4.18. The number of aromatic carboxylic acids is 1. The lowest BCUT2D eigenvalue weighted by molar-refractivity contribution is -0.384. The number of hydrogen-bond acceptors (Lipinski definition) is 4. The number of nitro groups is 1. The van der Waals surface area contributed by atoms with Gasteiger partial charge in [0.1, 0.15) is 0 Å². The van der Waals surface area contributed by atoms with Crippen molar-refractivity contribution in [2.45, 2.75) is 13.3 Å². The van der Waals surface area contributed by atoms with E-state index in [4.69, 9.17) is 0 Å². The summed E-state index contributed by atoms with van der Waals surface area (Å²) in [5.74, 6) is -1.14. The number of para-hydroxylation sites is 1. The Labute approximate surface area is 121 Å². The van der Waals surface area contributed by atoms with Crippen LogP contribution in [0.1, 0.15) is 22.8 Å². The van der Waals surface area contributed by atoms with Crippen LogP contribution in [0.5, 0.6) is 0 Å². The highest BCUT2D eigenvalue weighted by Crippen LogP contribution is 2.27. The largest absolute Gasteiger partial charge is 0.478 e. The van der Waals surface area contributed by atoms with Crippen LogP contribution in [0.15, 0.2) is 42.5 Å². The molecule has 2 aromatic carbocycles. The molecule has 6 heteroatoms. The Morgan fingerprint density at radius 2 is 1.95 bits per heavy atom. The number of aryl methyl sites for hydroxylation is 1. The zero-order valence-corrected chi connectivity index (χ0v) is 11.4. The van der Waals surface area contributed by atoms with Crippen LogP contribution < -0.4 is 5.32 Å². The normalized spacial score (nSPS) is 10.1. The molecule has 0 aliphatic carbocycles. The maximum atomic E-state index is 11.2. The van der Waals surface area contributed by atoms with Gasteiger partial charge in [0.15, 0.2) is 0 Å². The van der Waals surface area contributed by atoms with Crippen LogP contribution in [0.3, 0.4) is 0 Å². The van der Waals surface area contributed by atoms with E-state index in [0.29, 0.717) is 0 Å². The second-order valence-corrected chi connectivity index (χ2v) is 4.43. The summed E-state index contributed by atoms with van der Waals surface area (Å²) < 4.78 is 0. The zero-order chi connectivity index (χ0) is 15.4. The van der Waals surface area contributed by atoms with Crippen molar-refractivity contribution < 1.29 is 14.8 Å². The number of benzene rings is 2. The standard InChI is InChI=1S/C15H14N2O4/c1-2-10-5-3-4-6-13(10)16-14-9-11(17(20)21)7-8-12(14)15(18)19/h3-9,16H,2H2,1H3,(H,18,19). The molecule has 21 heavy (non-hydrogen) atoms. The number of rotatable bonds is 5. The highest BCUT2D eigenvalue weighted by atomic mass is 16.6. The second kappa shape index (κ2) is 6.04. The van der Waals surface area contributed by atoms with Crippen LogP contribution in [0, 0.1) is 10.1 Å². The molecule has 0 aromatic heterocycles. The van der Waals surface area contributed by atoms with Crippen molar-refractivity contribution >= 4 is 23.0 Å². The maximum Gasteiger partial charge on any atom is 0.337 e. The van der Waals surface area contributed by atoms with E-state index in [1.54, 1.807) is 0 Å². The zero-order valence-electron chi connectivity index (χ0n) is 11.4. The molecule has 6 nitrogen and oxygen atoms in total. The molecule has 2 rings (SSSR count). The third-order valence-corrected chi connectivity index (χ3v) is 3.11. The van der Waals surface area contributed by atoms with E-state index in [0.717, 1.165) is 17.7 Å². The van der Waals surface area contributed by atoms with Crippen molar-refractivity contribution in [3.8, 4) is 0 Å². The first-order valence-corrected chi connectivity index (χ1v) is 6.39. The van der Waals surface area contributed by atoms with Crippen molar-refractivity contribution in [3.05, 3.63) is 63.7 Å². The average molecular weight is 286 g/mol. The fraction of sp³-hybridized carbons (Fsp3) is 0.133. The summed E-state index contributed by atoms with van der Waals surface area (Å²) in [7, 11) is 0. The summed E-state index contributed by atoms with van der Waals surface area (Å²) in [6.45, 7) is 1.98. The van der Waals surface area contributed by atoms with Gasteiger partial charge in [-0.1, -0.05) is 25.1 Å². The summed E-state index contributed by atoms with van der Waals surface area (Å²) >= 11 is 0. The molecule has 108 valence electrons. The van der Waals surface area contributed by atoms with Gasteiger partial charge in [0.2, 0.25) is 0 Å². The van der Waals surface area contributed by atoms with Gasteiger partial charge in [-0.15, -0.1) is 0 Å². The third kappa shape index (κ3) is 3.17. The van der Waals surface area contributed by atoms with Crippen LogP contribution in [0.25, 0.3) is 0 Å². The first kappa shape index (κ1) is 14.5. The summed E-state index contributed by atoms with van der Waals surface area (Å²) in [5.41, 5.74) is 1.78. The lowest BCUT2D eigenvalue weighted by atomic mass is 10.1. The van der Waals surface area contributed by atoms with Gasteiger partial charge in [-0.2, -0.15) is 0 Å². The van der Waals surface area contributed by atoms with Crippen LogP contribution in [0.4, 0.5) is 17.1 Å². The van der Waals surface area contributed by atoms with E-state index >= 15 is 0 Å². The maximum absolute atomic E-state index is 11.2. The van der Waals surface area contributed by atoms with Gasteiger partial charge in [0.05, 0.1) is 16.2 Å². The van der Waals surface area contributed by atoms with E-state index in [-0.39, 0.29) is 16.9 Å². The first-order valence-electron chi connectivity index (χ1n) is 6.39. The molecule has 0 radical (unpaired) electrons. The summed E-state index contributed by atoms with van der Waals surface area (Å²) in [4.78, 5) is 21.5. The number of nitrogens with zero attached hydrogens (tertiary/aromatic N) is 1. The Morgan fingerprint density at radius 1 is 1.24 bits per heavy atom. The molecule has 2 aromatic rings. The van der Waals surface area contributed by atoms with Crippen molar-refractivity contribution in [1.82, 2.24) is 0 Å². The molecule has 0 saturated carbocycles. The van der Waals surface area contributed by atoms with Gasteiger partial charge in [0.25, 0.3) is 5.69 Å². The van der Waals surface area contributed by atoms with Crippen LogP contribution >= 0.6 is 0 Å².